The Kier molecular flexibility index (Phi) is 11.7. The van der Waals surface area contributed by atoms with Crippen LogP contribution in [0.25, 0.3) is 76.8 Å². The molecule has 0 bridgehead atoms. The fourth-order valence-electron chi connectivity index (χ4n) is 11.9. The zero-order chi connectivity index (χ0) is 50.8. The molecular weight excluding hydrogens is 893 g/mol. The molecule has 0 aromatic heterocycles. The first-order valence-electron chi connectivity index (χ1n) is 25.9. The van der Waals surface area contributed by atoms with Gasteiger partial charge in [-0.25, -0.2) is 0 Å². The second-order valence-corrected chi connectivity index (χ2v) is 21.0. The molecule has 0 aliphatic rings. The molecule has 0 atom stereocenters. The Morgan fingerprint density at radius 2 is 0.473 bits per heavy atom. The quantitative estimate of drug-likeness (QED) is 0.126. The lowest BCUT2D eigenvalue weighted by molar-refractivity contribution is 1.29. The van der Waals surface area contributed by atoms with E-state index in [2.05, 4.69) is 284 Å². The molecule has 0 saturated carbocycles. The van der Waals surface area contributed by atoms with Crippen LogP contribution in [0.15, 0.2) is 218 Å². The molecule has 0 N–H and O–H groups in total. The summed E-state index contributed by atoms with van der Waals surface area (Å²) in [5.74, 6) is 0. The number of para-hydroxylation sites is 2. The topological polar surface area (TPSA) is 6.48 Å². The Morgan fingerprint density at radius 1 is 0.216 bits per heavy atom. The van der Waals surface area contributed by atoms with Crippen molar-refractivity contribution in [2.24, 2.45) is 0 Å². The van der Waals surface area contributed by atoms with E-state index in [0.29, 0.717) is 0 Å². The second-order valence-electron chi connectivity index (χ2n) is 21.0. The number of hydrogen-bond donors (Lipinski definition) is 0. The summed E-state index contributed by atoms with van der Waals surface area (Å²) in [6, 6.07) is 82.4. The summed E-state index contributed by atoms with van der Waals surface area (Å²) in [5.41, 5.74) is 26.4. The van der Waals surface area contributed by atoms with Crippen molar-refractivity contribution in [3.8, 4) is 44.5 Å². The highest BCUT2D eigenvalue weighted by Gasteiger charge is 2.24. The van der Waals surface area contributed by atoms with Gasteiger partial charge in [0.2, 0.25) is 0 Å². The van der Waals surface area contributed by atoms with Crippen molar-refractivity contribution in [2.45, 2.75) is 55.4 Å². The maximum Gasteiger partial charge on any atom is 0.0540 e. The van der Waals surface area contributed by atoms with Crippen LogP contribution in [0.4, 0.5) is 34.1 Å². The molecule has 0 amide bonds. The Bertz CT molecular complexity index is 3620. The summed E-state index contributed by atoms with van der Waals surface area (Å²) < 4.78 is 0. The van der Waals surface area contributed by atoms with Gasteiger partial charge in [0.25, 0.3) is 0 Å². The van der Waals surface area contributed by atoms with Gasteiger partial charge in [-0.3, -0.25) is 0 Å². The molecule has 0 unspecified atom stereocenters. The van der Waals surface area contributed by atoms with E-state index in [-0.39, 0.29) is 0 Å². The van der Waals surface area contributed by atoms with E-state index in [9.17, 15) is 0 Å². The SMILES string of the molecule is Cc1cc(C)cc(-c2cc(-c3cc(C)cc(C)c3)cc(N(c3ccccc3)c3ccc4ccc5c(N(c6ccccc6)c6cc(-c7cc(C)cc(C)c7)cc(-c7cc(C)cc(C)c7)c6)ccc6ccc3c4c65)c2)c1. The number of benzene rings is 12. The van der Waals surface area contributed by atoms with Crippen LogP contribution in [-0.2, 0) is 0 Å². The zero-order valence-electron chi connectivity index (χ0n) is 43.7. The van der Waals surface area contributed by atoms with Gasteiger partial charge in [0.05, 0.1) is 11.4 Å². The third-order valence-electron chi connectivity index (χ3n) is 14.7. The van der Waals surface area contributed by atoms with Crippen molar-refractivity contribution < 1.29 is 0 Å². The van der Waals surface area contributed by atoms with Crippen LogP contribution < -0.4 is 9.80 Å². The Labute approximate surface area is 436 Å². The third kappa shape index (κ3) is 8.77. The van der Waals surface area contributed by atoms with E-state index >= 15 is 0 Å². The summed E-state index contributed by atoms with van der Waals surface area (Å²) in [7, 11) is 0. The highest BCUT2D eigenvalue weighted by molar-refractivity contribution is 6.28. The summed E-state index contributed by atoms with van der Waals surface area (Å²) in [5, 5.41) is 7.35. The molecule has 0 radical (unpaired) electrons. The normalized spacial score (nSPS) is 11.5. The molecule has 0 saturated heterocycles. The second kappa shape index (κ2) is 18.7. The Hall–Kier alpha value is -8.72. The first-order chi connectivity index (χ1) is 35.9. The van der Waals surface area contributed by atoms with E-state index in [1.807, 2.05) is 0 Å². The summed E-state index contributed by atoms with van der Waals surface area (Å²) in [4.78, 5) is 4.96. The lowest BCUT2D eigenvalue weighted by atomic mass is 9.91. The molecule has 74 heavy (non-hydrogen) atoms. The average molecular weight is 953 g/mol. The largest absolute Gasteiger partial charge is 0.310 e. The minimum Gasteiger partial charge on any atom is -0.310 e. The van der Waals surface area contributed by atoms with Gasteiger partial charge in [-0.05, 0) is 194 Å². The molecule has 0 aliphatic heterocycles. The van der Waals surface area contributed by atoms with Gasteiger partial charge in [-0.1, -0.05) is 190 Å². The first kappa shape index (κ1) is 46.4. The summed E-state index contributed by atoms with van der Waals surface area (Å²) in [6.45, 7) is 17.6. The van der Waals surface area contributed by atoms with Crippen molar-refractivity contribution in [3.05, 3.63) is 263 Å². The van der Waals surface area contributed by atoms with Crippen LogP contribution in [0.5, 0.6) is 0 Å². The summed E-state index contributed by atoms with van der Waals surface area (Å²) >= 11 is 0. The standard InChI is InChI=1S/C72H60N2/c1-45-27-46(2)32-55(31-45)59-39-60(56-33-47(3)28-48(4)34-56)42-65(41-59)73(63-15-11-9-12-16-63)69-25-21-53-20-24-68-70(26-22-54-19-23-67(69)71(53)72(54)68)74(64-17-13-10-14-18-64)66-43-61(57-35-49(5)29-50(6)36-57)40-62(44-66)58-37-51(7)30-52(8)38-58/h9-44H,1-8H3. The fourth-order valence-corrected chi connectivity index (χ4v) is 11.9. The van der Waals surface area contributed by atoms with E-state index in [1.165, 1.54) is 121 Å². The molecular formula is C72H60N2. The van der Waals surface area contributed by atoms with Crippen LogP contribution in [-0.4, -0.2) is 0 Å². The number of nitrogens with zero attached hydrogens (tertiary/aromatic N) is 2. The number of hydrogen-bond acceptors (Lipinski definition) is 2. The van der Waals surface area contributed by atoms with E-state index in [1.54, 1.807) is 0 Å². The Morgan fingerprint density at radius 3 is 0.757 bits per heavy atom. The minimum absolute atomic E-state index is 1.10. The van der Waals surface area contributed by atoms with Crippen LogP contribution in [0, 0.1) is 55.4 Å². The maximum absolute atomic E-state index is 2.48. The zero-order valence-corrected chi connectivity index (χ0v) is 43.7. The van der Waals surface area contributed by atoms with E-state index in [0.717, 1.165) is 34.1 Å². The van der Waals surface area contributed by atoms with Crippen LogP contribution >= 0.6 is 0 Å². The van der Waals surface area contributed by atoms with E-state index < -0.39 is 0 Å². The van der Waals surface area contributed by atoms with Gasteiger partial charge in [0.15, 0.2) is 0 Å². The summed E-state index contributed by atoms with van der Waals surface area (Å²) in [6.07, 6.45) is 0. The fraction of sp³-hybridized carbons (Fsp3) is 0.111. The monoisotopic (exact) mass is 952 g/mol. The third-order valence-corrected chi connectivity index (χ3v) is 14.7. The van der Waals surface area contributed by atoms with Crippen molar-refractivity contribution in [1.29, 1.82) is 0 Å². The highest BCUT2D eigenvalue weighted by atomic mass is 15.1. The molecule has 12 aromatic carbocycles. The van der Waals surface area contributed by atoms with E-state index in [4.69, 9.17) is 0 Å². The molecule has 0 heterocycles. The van der Waals surface area contributed by atoms with Gasteiger partial charge in [-0.15, -0.1) is 0 Å². The lowest BCUT2D eigenvalue weighted by Gasteiger charge is -2.30. The van der Waals surface area contributed by atoms with Crippen LogP contribution in [0.2, 0.25) is 0 Å². The van der Waals surface area contributed by atoms with Gasteiger partial charge < -0.3 is 9.80 Å². The van der Waals surface area contributed by atoms with Gasteiger partial charge in [0, 0.05) is 33.5 Å². The predicted octanol–water partition coefficient (Wildman–Crippen LogP) is 20.7. The Balaban J connectivity index is 1.10. The minimum atomic E-state index is 1.10. The van der Waals surface area contributed by atoms with Gasteiger partial charge in [0.1, 0.15) is 0 Å². The highest BCUT2D eigenvalue weighted by Crippen LogP contribution is 2.49. The van der Waals surface area contributed by atoms with Crippen molar-refractivity contribution in [2.75, 3.05) is 9.80 Å². The van der Waals surface area contributed by atoms with Gasteiger partial charge in [-0.2, -0.15) is 0 Å². The molecule has 2 heteroatoms. The molecule has 12 aromatic rings. The molecule has 0 fully saturated rings. The van der Waals surface area contributed by atoms with Crippen LogP contribution in [0.1, 0.15) is 44.5 Å². The smallest absolute Gasteiger partial charge is 0.0540 e. The number of aryl methyl sites for hydroxylation is 8. The number of rotatable bonds is 10. The average Bonchev–Trinajstić information content (AvgIpc) is 3.38. The van der Waals surface area contributed by atoms with Crippen molar-refractivity contribution in [3.63, 3.8) is 0 Å². The van der Waals surface area contributed by atoms with Crippen molar-refractivity contribution in [1.82, 2.24) is 0 Å². The molecule has 2 nitrogen and oxygen atoms in total. The molecule has 358 valence electrons. The molecule has 12 rings (SSSR count). The molecule has 0 spiro atoms. The predicted molar refractivity (Wildman–Crippen MR) is 319 cm³/mol. The first-order valence-corrected chi connectivity index (χ1v) is 25.9. The number of anilines is 6. The van der Waals surface area contributed by atoms with Crippen LogP contribution in [0.3, 0.4) is 0 Å². The lowest BCUT2D eigenvalue weighted by Crippen LogP contribution is -2.12. The van der Waals surface area contributed by atoms with Gasteiger partial charge >= 0.3 is 0 Å². The molecule has 0 aliphatic carbocycles. The van der Waals surface area contributed by atoms with Crippen molar-refractivity contribution >= 4 is 66.4 Å². The maximum atomic E-state index is 2.48.